The van der Waals surface area contributed by atoms with Gasteiger partial charge in [-0.15, -0.1) is 0 Å². The summed E-state index contributed by atoms with van der Waals surface area (Å²) in [6.07, 6.45) is 0. The van der Waals surface area contributed by atoms with Gasteiger partial charge in [-0.05, 0) is 48.4 Å². The number of benzene rings is 2. The zero-order valence-electron chi connectivity index (χ0n) is 13.2. The summed E-state index contributed by atoms with van der Waals surface area (Å²) >= 11 is 3.50. The predicted molar refractivity (Wildman–Crippen MR) is 92.3 cm³/mol. The zero-order valence-corrected chi connectivity index (χ0v) is 14.8. The first kappa shape index (κ1) is 16.5. The van der Waals surface area contributed by atoms with Gasteiger partial charge in [0.25, 0.3) is 0 Å². The number of methoxy groups -OCH3 is 3. The van der Waals surface area contributed by atoms with Gasteiger partial charge >= 0.3 is 0 Å². The first-order valence-corrected chi connectivity index (χ1v) is 7.67. The summed E-state index contributed by atoms with van der Waals surface area (Å²) in [5, 5.41) is 3.40. The molecule has 0 fully saturated rings. The molecule has 2 aromatic rings. The zero-order chi connectivity index (χ0) is 16.1. The topological polar surface area (TPSA) is 39.7 Å². The van der Waals surface area contributed by atoms with E-state index in [1.165, 1.54) is 5.56 Å². The monoisotopic (exact) mass is 365 g/mol. The highest BCUT2D eigenvalue weighted by Gasteiger charge is 2.13. The highest BCUT2D eigenvalue weighted by Crippen LogP contribution is 2.38. The number of hydrogen-bond donors (Lipinski definition) is 1. The van der Waals surface area contributed by atoms with Crippen LogP contribution in [0, 0.1) is 6.92 Å². The molecule has 118 valence electrons. The van der Waals surface area contributed by atoms with Crippen molar-refractivity contribution in [3.8, 4) is 17.2 Å². The summed E-state index contributed by atoms with van der Waals surface area (Å²) in [4.78, 5) is 0. The lowest BCUT2D eigenvalue weighted by Crippen LogP contribution is -2.02. The Morgan fingerprint density at radius 3 is 2.09 bits per heavy atom. The van der Waals surface area contributed by atoms with Crippen molar-refractivity contribution in [2.24, 2.45) is 0 Å². The fourth-order valence-corrected chi connectivity index (χ4v) is 2.44. The second-order valence-corrected chi connectivity index (χ2v) is 5.71. The van der Waals surface area contributed by atoms with Crippen LogP contribution < -0.4 is 19.5 Å². The molecule has 0 aliphatic rings. The largest absolute Gasteiger partial charge is 0.493 e. The van der Waals surface area contributed by atoms with E-state index in [0.717, 1.165) is 15.7 Å². The van der Waals surface area contributed by atoms with E-state index < -0.39 is 0 Å². The average molecular weight is 366 g/mol. The van der Waals surface area contributed by atoms with Crippen LogP contribution in [0.3, 0.4) is 0 Å². The fraction of sp³-hybridized carbons (Fsp3) is 0.294. The molecule has 0 saturated heterocycles. The predicted octanol–water partition coefficient (Wildman–Crippen LogP) is 4.40. The Morgan fingerprint density at radius 1 is 0.955 bits per heavy atom. The quantitative estimate of drug-likeness (QED) is 0.823. The Labute approximate surface area is 139 Å². The van der Waals surface area contributed by atoms with Crippen LogP contribution in [-0.4, -0.2) is 21.3 Å². The molecule has 5 heteroatoms. The van der Waals surface area contributed by atoms with E-state index >= 15 is 0 Å². The third kappa shape index (κ3) is 3.65. The maximum Gasteiger partial charge on any atom is 0.203 e. The van der Waals surface area contributed by atoms with Gasteiger partial charge in [0, 0.05) is 16.7 Å². The molecule has 4 nitrogen and oxygen atoms in total. The molecule has 0 aliphatic heterocycles. The SMILES string of the molecule is COc1cc(CNc2ccc(Br)c(C)c2)cc(OC)c1OC. The molecular formula is C17H20BrNO3. The second-order valence-electron chi connectivity index (χ2n) is 4.85. The minimum absolute atomic E-state index is 0.605. The van der Waals surface area contributed by atoms with Gasteiger partial charge in [-0.1, -0.05) is 15.9 Å². The van der Waals surface area contributed by atoms with Gasteiger partial charge in [-0.3, -0.25) is 0 Å². The van der Waals surface area contributed by atoms with Gasteiger partial charge < -0.3 is 19.5 Å². The Morgan fingerprint density at radius 2 is 1.59 bits per heavy atom. The van der Waals surface area contributed by atoms with Crippen molar-refractivity contribution in [2.75, 3.05) is 26.6 Å². The van der Waals surface area contributed by atoms with Crippen molar-refractivity contribution in [2.45, 2.75) is 13.5 Å². The molecule has 0 aromatic heterocycles. The van der Waals surface area contributed by atoms with Crippen molar-refractivity contribution in [3.05, 3.63) is 45.9 Å². The number of ether oxygens (including phenoxy) is 3. The maximum atomic E-state index is 5.37. The van der Waals surface area contributed by atoms with Gasteiger partial charge in [-0.2, -0.15) is 0 Å². The number of halogens is 1. The van der Waals surface area contributed by atoms with Crippen LogP contribution in [0.1, 0.15) is 11.1 Å². The minimum Gasteiger partial charge on any atom is -0.493 e. The lowest BCUT2D eigenvalue weighted by molar-refractivity contribution is 0.324. The molecule has 2 rings (SSSR count). The second kappa shape index (κ2) is 7.40. The van der Waals surface area contributed by atoms with Gasteiger partial charge in [0.15, 0.2) is 11.5 Å². The number of anilines is 1. The Kier molecular flexibility index (Phi) is 5.55. The Hall–Kier alpha value is -1.88. The van der Waals surface area contributed by atoms with Crippen molar-refractivity contribution in [3.63, 3.8) is 0 Å². The molecule has 0 bridgehead atoms. The van der Waals surface area contributed by atoms with Crippen LogP contribution >= 0.6 is 15.9 Å². The van der Waals surface area contributed by atoms with Crippen molar-refractivity contribution in [1.82, 2.24) is 0 Å². The third-order valence-electron chi connectivity index (χ3n) is 3.38. The molecule has 0 atom stereocenters. The number of rotatable bonds is 6. The van der Waals surface area contributed by atoms with Gasteiger partial charge in [0.1, 0.15) is 0 Å². The van der Waals surface area contributed by atoms with Crippen LogP contribution in [0.25, 0.3) is 0 Å². The van der Waals surface area contributed by atoms with Crippen LogP contribution in [-0.2, 0) is 6.54 Å². The molecular weight excluding hydrogens is 346 g/mol. The summed E-state index contributed by atoms with van der Waals surface area (Å²) < 4.78 is 17.2. The molecule has 0 radical (unpaired) electrons. The normalized spacial score (nSPS) is 10.2. The van der Waals surface area contributed by atoms with Crippen LogP contribution in [0.2, 0.25) is 0 Å². The van der Waals surface area contributed by atoms with Crippen LogP contribution in [0.15, 0.2) is 34.8 Å². The fourth-order valence-electron chi connectivity index (χ4n) is 2.20. The number of nitrogens with one attached hydrogen (secondary N) is 1. The molecule has 2 aromatic carbocycles. The molecule has 0 heterocycles. The van der Waals surface area contributed by atoms with Crippen molar-refractivity contribution >= 4 is 21.6 Å². The maximum absolute atomic E-state index is 5.37. The van der Waals surface area contributed by atoms with E-state index in [1.54, 1.807) is 21.3 Å². The Bertz CT molecular complexity index is 633. The van der Waals surface area contributed by atoms with E-state index in [1.807, 2.05) is 24.3 Å². The molecule has 1 N–H and O–H groups in total. The van der Waals surface area contributed by atoms with E-state index in [-0.39, 0.29) is 0 Å². The standard InChI is InChI=1S/C17H20BrNO3/c1-11-7-13(5-6-14(11)18)19-10-12-8-15(20-2)17(22-4)16(9-12)21-3/h5-9,19H,10H2,1-4H3. The summed E-state index contributed by atoms with van der Waals surface area (Å²) in [6.45, 7) is 2.73. The highest BCUT2D eigenvalue weighted by atomic mass is 79.9. The lowest BCUT2D eigenvalue weighted by Gasteiger charge is -2.15. The summed E-state index contributed by atoms with van der Waals surface area (Å²) in [5.41, 5.74) is 3.31. The minimum atomic E-state index is 0.605. The smallest absolute Gasteiger partial charge is 0.203 e. The van der Waals surface area contributed by atoms with E-state index in [4.69, 9.17) is 14.2 Å². The number of aryl methyl sites for hydroxylation is 1. The summed E-state index contributed by atoms with van der Waals surface area (Å²) in [6, 6.07) is 10.1. The lowest BCUT2D eigenvalue weighted by atomic mass is 10.1. The van der Waals surface area contributed by atoms with Gasteiger partial charge in [-0.25, -0.2) is 0 Å². The molecule has 0 amide bonds. The summed E-state index contributed by atoms with van der Waals surface area (Å²) in [5.74, 6) is 1.92. The third-order valence-corrected chi connectivity index (χ3v) is 4.27. The van der Waals surface area contributed by atoms with Gasteiger partial charge in [0.05, 0.1) is 21.3 Å². The van der Waals surface area contributed by atoms with E-state index in [2.05, 4.69) is 34.2 Å². The molecule has 0 unspecified atom stereocenters. The van der Waals surface area contributed by atoms with E-state index in [0.29, 0.717) is 23.8 Å². The number of hydrogen-bond acceptors (Lipinski definition) is 4. The molecule has 0 spiro atoms. The average Bonchev–Trinajstić information content (AvgIpc) is 2.54. The van der Waals surface area contributed by atoms with E-state index in [9.17, 15) is 0 Å². The van der Waals surface area contributed by atoms with Crippen molar-refractivity contribution < 1.29 is 14.2 Å². The van der Waals surface area contributed by atoms with Gasteiger partial charge in [0.2, 0.25) is 5.75 Å². The molecule has 0 aliphatic carbocycles. The van der Waals surface area contributed by atoms with Crippen molar-refractivity contribution in [1.29, 1.82) is 0 Å². The summed E-state index contributed by atoms with van der Waals surface area (Å²) in [7, 11) is 4.84. The molecule has 22 heavy (non-hydrogen) atoms. The first-order valence-electron chi connectivity index (χ1n) is 6.88. The van der Waals surface area contributed by atoms with Crippen LogP contribution in [0.4, 0.5) is 5.69 Å². The highest BCUT2D eigenvalue weighted by molar-refractivity contribution is 9.10. The van der Waals surface area contributed by atoms with Crippen LogP contribution in [0.5, 0.6) is 17.2 Å². The first-order chi connectivity index (χ1) is 10.6. The molecule has 0 saturated carbocycles. The Balaban J connectivity index is 2.20.